The van der Waals surface area contributed by atoms with Crippen molar-refractivity contribution >= 4 is 10.0 Å². The fraction of sp³-hybridized carbons (Fsp3) is 0.143. The number of nitrogens with two attached hydrogens (primary N) is 1. The second-order valence-electron chi connectivity index (χ2n) is 4.11. The number of rotatable bonds is 4. The van der Waals surface area contributed by atoms with E-state index in [-0.39, 0.29) is 4.90 Å². The largest absolute Gasteiger partial charge is 0.493 e. The lowest BCUT2D eigenvalue weighted by atomic mass is 10.1. The molecule has 0 fully saturated rings. The van der Waals surface area contributed by atoms with Crippen molar-refractivity contribution < 1.29 is 17.9 Å². The molecular weight excluding hydrogens is 278 g/mol. The van der Waals surface area contributed by atoms with Crippen LogP contribution in [0.1, 0.15) is 0 Å². The van der Waals surface area contributed by atoms with Crippen LogP contribution in [-0.2, 0) is 10.0 Å². The van der Waals surface area contributed by atoms with E-state index in [1.807, 2.05) is 0 Å². The van der Waals surface area contributed by atoms with E-state index in [0.29, 0.717) is 22.6 Å². The molecule has 2 aromatic rings. The molecule has 5 nitrogen and oxygen atoms in total. The van der Waals surface area contributed by atoms with Gasteiger partial charge in [-0.3, -0.25) is 0 Å². The number of hydrogen-bond donors (Lipinski definition) is 1. The van der Waals surface area contributed by atoms with Crippen LogP contribution in [0.4, 0.5) is 0 Å². The van der Waals surface area contributed by atoms with Crippen molar-refractivity contribution in [1.82, 2.24) is 0 Å². The van der Waals surface area contributed by atoms with Gasteiger partial charge in [0.25, 0.3) is 0 Å². The van der Waals surface area contributed by atoms with Crippen LogP contribution in [0.5, 0.6) is 11.5 Å². The summed E-state index contributed by atoms with van der Waals surface area (Å²) in [6.45, 7) is 0. The summed E-state index contributed by atoms with van der Waals surface area (Å²) in [5, 5.41) is 5.24. The predicted molar refractivity (Wildman–Crippen MR) is 76.4 cm³/mol. The molecule has 2 aromatic carbocycles. The lowest BCUT2D eigenvalue weighted by molar-refractivity contribution is 0.355. The van der Waals surface area contributed by atoms with Crippen LogP contribution in [0.2, 0.25) is 0 Å². The average molecular weight is 293 g/mol. The second kappa shape index (κ2) is 5.52. The summed E-state index contributed by atoms with van der Waals surface area (Å²) in [6, 6.07) is 11.7. The molecule has 0 atom stereocenters. The fourth-order valence-electron chi connectivity index (χ4n) is 1.96. The zero-order valence-corrected chi connectivity index (χ0v) is 12.0. The van der Waals surface area contributed by atoms with Crippen LogP contribution in [0.3, 0.4) is 0 Å². The van der Waals surface area contributed by atoms with E-state index in [4.69, 9.17) is 14.6 Å². The Labute approximate surface area is 118 Å². The van der Waals surface area contributed by atoms with Crippen LogP contribution in [0.15, 0.2) is 47.4 Å². The summed E-state index contributed by atoms with van der Waals surface area (Å²) in [5.74, 6) is 1.10. The third-order valence-electron chi connectivity index (χ3n) is 2.89. The number of methoxy groups -OCH3 is 2. The van der Waals surface area contributed by atoms with Gasteiger partial charge in [0.15, 0.2) is 11.5 Å². The molecule has 0 aliphatic heterocycles. The van der Waals surface area contributed by atoms with Gasteiger partial charge < -0.3 is 9.47 Å². The Hall–Kier alpha value is -2.05. The van der Waals surface area contributed by atoms with Gasteiger partial charge in [-0.05, 0) is 23.8 Å². The summed E-state index contributed by atoms with van der Waals surface area (Å²) >= 11 is 0. The summed E-state index contributed by atoms with van der Waals surface area (Å²) in [4.78, 5) is 0.0761. The molecule has 0 aliphatic carbocycles. The highest BCUT2D eigenvalue weighted by Gasteiger charge is 2.15. The number of sulfonamides is 1. The Balaban J connectivity index is 2.64. The zero-order chi connectivity index (χ0) is 14.8. The van der Waals surface area contributed by atoms with Crippen molar-refractivity contribution in [3.8, 4) is 22.6 Å². The Morgan fingerprint density at radius 1 is 0.950 bits per heavy atom. The van der Waals surface area contributed by atoms with Gasteiger partial charge in [-0.2, -0.15) is 0 Å². The Bertz CT molecular complexity index is 726. The Morgan fingerprint density at radius 2 is 1.60 bits per heavy atom. The predicted octanol–water partition coefficient (Wildman–Crippen LogP) is 2.02. The Morgan fingerprint density at radius 3 is 2.20 bits per heavy atom. The fourth-order valence-corrected chi connectivity index (χ4v) is 2.72. The van der Waals surface area contributed by atoms with Gasteiger partial charge in [-0.15, -0.1) is 0 Å². The third kappa shape index (κ3) is 2.76. The van der Waals surface area contributed by atoms with E-state index in [2.05, 4.69) is 0 Å². The number of primary sulfonamides is 1. The van der Waals surface area contributed by atoms with Gasteiger partial charge in [0.2, 0.25) is 10.0 Å². The molecule has 0 heterocycles. The maximum absolute atomic E-state index is 11.6. The van der Waals surface area contributed by atoms with E-state index >= 15 is 0 Å². The molecule has 0 amide bonds. The summed E-state index contributed by atoms with van der Waals surface area (Å²) in [7, 11) is -0.730. The van der Waals surface area contributed by atoms with Crippen molar-refractivity contribution in [3.05, 3.63) is 42.5 Å². The maximum Gasteiger partial charge on any atom is 0.238 e. The van der Waals surface area contributed by atoms with Crippen molar-refractivity contribution in [2.75, 3.05) is 14.2 Å². The van der Waals surface area contributed by atoms with E-state index in [1.165, 1.54) is 20.3 Å². The first kappa shape index (κ1) is 14.4. The monoisotopic (exact) mass is 293 g/mol. The van der Waals surface area contributed by atoms with Gasteiger partial charge in [-0.1, -0.05) is 24.3 Å². The van der Waals surface area contributed by atoms with E-state index in [0.717, 1.165) is 0 Å². The SMILES string of the molecule is COc1ccc(-c2ccccc2S(N)(=O)=O)cc1OC. The quantitative estimate of drug-likeness (QED) is 0.935. The molecule has 20 heavy (non-hydrogen) atoms. The summed E-state index contributed by atoms with van der Waals surface area (Å²) in [5.41, 5.74) is 1.21. The molecule has 0 radical (unpaired) electrons. The summed E-state index contributed by atoms with van der Waals surface area (Å²) in [6.07, 6.45) is 0. The Kier molecular flexibility index (Phi) is 3.96. The molecule has 0 saturated carbocycles. The normalized spacial score (nSPS) is 11.2. The molecule has 0 spiro atoms. The molecule has 0 bridgehead atoms. The molecule has 6 heteroatoms. The smallest absolute Gasteiger partial charge is 0.238 e. The molecule has 2 N–H and O–H groups in total. The maximum atomic E-state index is 11.6. The van der Waals surface area contributed by atoms with Crippen molar-refractivity contribution in [2.45, 2.75) is 4.90 Å². The van der Waals surface area contributed by atoms with Crippen molar-refractivity contribution in [2.24, 2.45) is 5.14 Å². The minimum Gasteiger partial charge on any atom is -0.493 e. The minimum atomic E-state index is -3.79. The van der Waals surface area contributed by atoms with Crippen LogP contribution >= 0.6 is 0 Å². The zero-order valence-electron chi connectivity index (χ0n) is 11.2. The molecule has 2 rings (SSSR count). The number of ether oxygens (including phenoxy) is 2. The molecule has 0 aliphatic rings. The van der Waals surface area contributed by atoms with Gasteiger partial charge in [-0.25, -0.2) is 13.6 Å². The van der Waals surface area contributed by atoms with Crippen LogP contribution in [-0.4, -0.2) is 22.6 Å². The molecular formula is C14H15NO4S. The van der Waals surface area contributed by atoms with Crippen molar-refractivity contribution in [1.29, 1.82) is 0 Å². The highest BCUT2D eigenvalue weighted by Crippen LogP contribution is 2.34. The highest BCUT2D eigenvalue weighted by atomic mass is 32.2. The number of hydrogen-bond acceptors (Lipinski definition) is 4. The average Bonchev–Trinajstić information content (AvgIpc) is 2.45. The molecule has 0 unspecified atom stereocenters. The highest BCUT2D eigenvalue weighted by molar-refractivity contribution is 7.89. The first-order valence-corrected chi connectivity index (χ1v) is 7.36. The standard InChI is InChI=1S/C14H15NO4S/c1-18-12-8-7-10(9-13(12)19-2)11-5-3-4-6-14(11)20(15,16)17/h3-9H,1-2H3,(H2,15,16,17). The molecule has 0 saturated heterocycles. The van der Waals surface area contributed by atoms with Gasteiger partial charge in [0.1, 0.15) is 0 Å². The minimum absolute atomic E-state index is 0.0761. The lowest BCUT2D eigenvalue weighted by Gasteiger charge is -2.11. The molecule has 106 valence electrons. The molecule has 0 aromatic heterocycles. The number of benzene rings is 2. The third-order valence-corrected chi connectivity index (χ3v) is 3.86. The van der Waals surface area contributed by atoms with Gasteiger partial charge in [0, 0.05) is 5.56 Å². The summed E-state index contributed by atoms with van der Waals surface area (Å²) < 4.78 is 33.6. The van der Waals surface area contributed by atoms with Crippen LogP contribution < -0.4 is 14.6 Å². The van der Waals surface area contributed by atoms with E-state index < -0.39 is 10.0 Å². The van der Waals surface area contributed by atoms with Gasteiger partial charge >= 0.3 is 0 Å². The first-order chi connectivity index (χ1) is 9.47. The first-order valence-electron chi connectivity index (χ1n) is 5.81. The second-order valence-corrected chi connectivity index (χ2v) is 5.64. The van der Waals surface area contributed by atoms with Gasteiger partial charge in [0.05, 0.1) is 19.1 Å². The van der Waals surface area contributed by atoms with Crippen LogP contribution in [0.25, 0.3) is 11.1 Å². The van der Waals surface area contributed by atoms with E-state index in [1.54, 1.807) is 36.4 Å². The van der Waals surface area contributed by atoms with Crippen LogP contribution in [0, 0.1) is 0 Å². The van der Waals surface area contributed by atoms with Crippen molar-refractivity contribution in [3.63, 3.8) is 0 Å². The lowest BCUT2D eigenvalue weighted by Crippen LogP contribution is -2.13. The van der Waals surface area contributed by atoms with E-state index in [9.17, 15) is 8.42 Å². The topological polar surface area (TPSA) is 78.6 Å².